The molecule has 0 unspecified atom stereocenters. The van der Waals surface area contributed by atoms with Crippen molar-refractivity contribution in [3.8, 4) is 5.75 Å². The minimum Gasteiger partial charge on any atom is -0.489 e. The quantitative estimate of drug-likeness (QED) is 0.801. The van der Waals surface area contributed by atoms with Crippen LogP contribution in [0.1, 0.15) is 32.8 Å². The van der Waals surface area contributed by atoms with Gasteiger partial charge in [0.1, 0.15) is 5.75 Å². The van der Waals surface area contributed by atoms with Crippen molar-refractivity contribution in [1.82, 2.24) is 5.32 Å². The average molecular weight is 272 g/mol. The molecule has 0 saturated carbocycles. The zero-order chi connectivity index (χ0) is 13.5. The maximum absolute atomic E-state index is 9.09. The molecule has 1 atom stereocenters. The molecule has 0 aromatic heterocycles. The molecule has 18 heavy (non-hydrogen) atoms. The highest BCUT2D eigenvalue weighted by Crippen LogP contribution is 2.26. The molecule has 0 amide bonds. The zero-order valence-corrected chi connectivity index (χ0v) is 12.0. The summed E-state index contributed by atoms with van der Waals surface area (Å²) in [5.74, 6) is 0.713. The van der Waals surface area contributed by atoms with E-state index in [1.54, 1.807) is 0 Å². The largest absolute Gasteiger partial charge is 0.489 e. The SMILES string of the molecule is CC[C@@H](CO)NCc1ccc(OC(C)C)c(Cl)c1. The molecular formula is C14H22ClNO2. The van der Waals surface area contributed by atoms with Crippen molar-refractivity contribution in [2.24, 2.45) is 0 Å². The number of hydrogen-bond acceptors (Lipinski definition) is 3. The second-order valence-corrected chi connectivity index (χ2v) is 5.01. The summed E-state index contributed by atoms with van der Waals surface area (Å²) >= 11 is 6.15. The van der Waals surface area contributed by atoms with Gasteiger partial charge in [-0.05, 0) is 38.0 Å². The topological polar surface area (TPSA) is 41.5 Å². The molecule has 1 aromatic carbocycles. The molecule has 4 heteroatoms. The van der Waals surface area contributed by atoms with E-state index in [0.29, 0.717) is 17.3 Å². The van der Waals surface area contributed by atoms with Crippen LogP contribution in [0.3, 0.4) is 0 Å². The van der Waals surface area contributed by atoms with Crippen LogP contribution in [0.25, 0.3) is 0 Å². The number of hydrogen-bond donors (Lipinski definition) is 2. The number of rotatable bonds is 7. The Bertz CT molecular complexity index is 365. The molecule has 0 aliphatic carbocycles. The molecule has 0 heterocycles. The van der Waals surface area contributed by atoms with Gasteiger partial charge in [0.05, 0.1) is 17.7 Å². The van der Waals surface area contributed by atoms with Gasteiger partial charge in [-0.3, -0.25) is 0 Å². The number of halogens is 1. The van der Waals surface area contributed by atoms with E-state index < -0.39 is 0 Å². The average Bonchev–Trinajstić information content (AvgIpc) is 2.33. The summed E-state index contributed by atoms with van der Waals surface area (Å²) in [6, 6.07) is 5.91. The standard InChI is InChI=1S/C14H22ClNO2/c1-4-12(9-17)16-8-11-5-6-14(13(15)7-11)18-10(2)3/h5-7,10,12,16-17H,4,8-9H2,1-3H3/t12-/m0/s1. The van der Waals surface area contributed by atoms with Gasteiger partial charge in [-0.25, -0.2) is 0 Å². The Balaban J connectivity index is 2.61. The highest BCUT2D eigenvalue weighted by atomic mass is 35.5. The minimum absolute atomic E-state index is 0.116. The maximum Gasteiger partial charge on any atom is 0.138 e. The van der Waals surface area contributed by atoms with E-state index >= 15 is 0 Å². The molecule has 0 bridgehead atoms. The van der Waals surface area contributed by atoms with Crippen LogP contribution in [0, 0.1) is 0 Å². The molecule has 0 fully saturated rings. The third kappa shape index (κ3) is 4.84. The lowest BCUT2D eigenvalue weighted by Crippen LogP contribution is -2.31. The predicted octanol–water partition coefficient (Wildman–Crippen LogP) is 2.99. The van der Waals surface area contributed by atoms with E-state index in [0.717, 1.165) is 12.0 Å². The molecule has 0 radical (unpaired) electrons. The Morgan fingerprint density at radius 1 is 1.39 bits per heavy atom. The zero-order valence-electron chi connectivity index (χ0n) is 11.2. The van der Waals surface area contributed by atoms with E-state index in [1.165, 1.54) is 0 Å². The van der Waals surface area contributed by atoms with Gasteiger partial charge in [-0.2, -0.15) is 0 Å². The molecule has 0 aliphatic heterocycles. The molecule has 1 rings (SSSR count). The van der Waals surface area contributed by atoms with Crippen LogP contribution in [0.15, 0.2) is 18.2 Å². The lowest BCUT2D eigenvalue weighted by Gasteiger charge is -2.15. The molecule has 102 valence electrons. The summed E-state index contributed by atoms with van der Waals surface area (Å²) in [5.41, 5.74) is 1.09. The molecule has 3 nitrogen and oxygen atoms in total. The van der Waals surface area contributed by atoms with Crippen LogP contribution >= 0.6 is 11.6 Å². The number of benzene rings is 1. The first-order valence-corrected chi connectivity index (χ1v) is 6.74. The van der Waals surface area contributed by atoms with Gasteiger partial charge in [0, 0.05) is 12.6 Å². The second-order valence-electron chi connectivity index (χ2n) is 4.60. The van der Waals surface area contributed by atoms with Crippen molar-refractivity contribution in [2.75, 3.05) is 6.61 Å². The fraction of sp³-hybridized carbons (Fsp3) is 0.571. The molecule has 0 saturated heterocycles. The van der Waals surface area contributed by atoms with Gasteiger partial charge < -0.3 is 15.2 Å². The van der Waals surface area contributed by atoms with E-state index in [1.807, 2.05) is 39.0 Å². The first kappa shape index (κ1) is 15.3. The lowest BCUT2D eigenvalue weighted by atomic mass is 10.2. The first-order valence-electron chi connectivity index (χ1n) is 6.36. The van der Waals surface area contributed by atoms with Gasteiger partial charge in [0.15, 0.2) is 0 Å². The Kier molecular flexibility index (Phi) is 6.47. The van der Waals surface area contributed by atoms with Crippen molar-refractivity contribution in [3.05, 3.63) is 28.8 Å². The van der Waals surface area contributed by atoms with Gasteiger partial charge in [-0.1, -0.05) is 24.6 Å². The van der Waals surface area contributed by atoms with Crippen LogP contribution in [0.2, 0.25) is 5.02 Å². The van der Waals surface area contributed by atoms with E-state index in [-0.39, 0.29) is 18.8 Å². The fourth-order valence-electron chi connectivity index (χ4n) is 1.60. The third-order valence-corrected chi connectivity index (χ3v) is 2.96. The Morgan fingerprint density at radius 3 is 2.61 bits per heavy atom. The highest BCUT2D eigenvalue weighted by Gasteiger charge is 2.07. The van der Waals surface area contributed by atoms with Crippen LogP contribution < -0.4 is 10.1 Å². The number of nitrogens with one attached hydrogen (secondary N) is 1. The number of ether oxygens (including phenoxy) is 1. The normalized spacial score (nSPS) is 12.8. The Labute approximate surface area is 114 Å². The van der Waals surface area contributed by atoms with E-state index in [4.69, 9.17) is 21.4 Å². The van der Waals surface area contributed by atoms with Crippen molar-refractivity contribution < 1.29 is 9.84 Å². The van der Waals surface area contributed by atoms with E-state index in [9.17, 15) is 0 Å². The second kappa shape index (κ2) is 7.62. The summed E-state index contributed by atoms with van der Waals surface area (Å²) in [7, 11) is 0. The van der Waals surface area contributed by atoms with Crippen molar-refractivity contribution in [2.45, 2.75) is 45.9 Å². The fourth-order valence-corrected chi connectivity index (χ4v) is 1.85. The summed E-state index contributed by atoms with van der Waals surface area (Å²) < 4.78 is 5.58. The maximum atomic E-state index is 9.09. The van der Waals surface area contributed by atoms with Crippen LogP contribution in [0.5, 0.6) is 5.75 Å². The lowest BCUT2D eigenvalue weighted by molar-refractivity contribution is 0.238. The summed E-state index contributed by atoms with van der Waals surface area (Å²) in [6.07, 6.45) is 1.02. The molecule has 2 N–H and O–H groups in total. The number of aliphatic hydroxyl groups is 1. The van der Waals surface area contributed by atoms with Crippen molar-refractivity contribution in [1.29, 1.82) is 0 Å². The van der Waals surface area contributed by atoms with Crippen LogP contribution in [0.4, 0.5) is 0 Å². The summed E-state index contributed by atoms with van der Waals surface area (Å²) in [5, 5.41) is 13.0. The van der Waals surface area contributed by atoms with Gasteiger partial charge in [0.2, 0.25) is 0 Å². The smallest absolute Gasteiger partial charge is 0.138 e. The highest BCUT2D eigenvalue weighted by molar-refractivity contribution is 6.32. The number of aliphatic hydroxyl groups excluding tert-OH is 1. The summed E-state index contributed by atoms with van der Waals surface area (Å²) in [4.78, 5) is 0. The van der Waals surface area contributed by atoms with Crippen molar-refractivity contribution in [3.63, 3.8) is 0 Å². The molecule has 0 spiro atoms. The predicted molar refractivity (Wildman–Crippen MR) is 75.2 cm³/mol. The third-order valence-electron chi connectivity index (χ3n) is 2.67. The Morgan fingerprint density at radius 2 is 2.11 bits per heavy atom. The van der Waals surface area contributed by atoms with Gasteiger partial charge in [0.25, 0.3) is 0 Å². The van der Waals surface area contributed by atoms with Gasteiger partial charge in [-0.15, -0.1) is 0 Å². The molecule has 1 aromatic rings. The Hall–Kier alpha value is -0.770. The van der Waals surface area contributed by atoms with Gasteiger partial charge >= 0.3 is 0 Å². The molecular weight excluding hydrogens is 250 g/mol. The minimum atomic E-state index is 0.116. The monoisotopic (exact) mass is 271 g/mol. The molecule has 0 aliphatic rings. The van der Waals surface area contributed by atoms with Crippen molar-refractivity contribution >= 4 is 11.6 Å². The van der Waals surface area contributed by atoms with Crippen LogP contribution in [-0.2, 0) is 6.54 Å². The summed E-state index contributed by atoms with van der Waals surface area (Å²) in [6.45, 7) is 6.83. The first-order chi connectivity index (χ1) is 8.56. The van der Waals surface area contributed by atoms with Crippen LogP contribution in [-0.4, -0.2) is 23.9 Å². The van der Waals surface area contributed by atoms with E-state index in [2.05, 4.69) is 5.32 Å².